The lowest BCUT2D eigenvalue weighted by Gasteiger charge is -2.07. The molecule has 3 heteroatoms. The Morgan fingerprint density at radius 2 is 1.94 bits per heavy atom. The molecule has 0 bridgehead atoms. The first-order chi connectivity index (χ1) is 8.16. The lowest BCUT2D eigenvalue weighted by Crippen LogP contribution is -2.21. The highest BCUT2D eigenvalue weighted by Crippen LogP contribution is 2.23. The van der Waals surface area contributed by atoms with Crippen LogP contribution in [0.2, 0.25) is 0 Å². The molecule has 0 amide bonds. The van der Waals surface area contributed by atoms with E-state index in [1.807, 2.05) is 0 Å². The predicted molar refractivity (Wildman–Crippen MR) is 68.7 cm³/mol. The first kappa shape index (κ1) is 11.9. The Morgan fingerprint density at radius 3 is 2.59 bits per heavy atom. The average Bonchev–Trinajstić information content (AvgIpc) is 2.75. The highest BCUT2D eigenvalue weighted by atomic mass is 16.5. The zero-order valence-electron chi connectivity index (χ0n) is 10.5. The summed E-state index contributed by atoms with van der Waals surface area (Å²) in [5.74, 6) is 0.859. The van der Waals surface area contributed by atoms with E-state index in [0.717, 1.165) is 23.4 Å². The largest absolute Gasteiger partial charge is 0.356 e. The number of hydrogen-bond acceptors (Lipinski definition) is 3. The van der Waals surface area contributed by atoms with Crippen LogP contribution in [-0.4, -0.2) is 11.2 Å². The van der Waals surface area contributed by atoms with Crippen molar-refractivity contribution >= 4 is 0 Å². The van der Waals surface area contributed by atoms with Crippen molar-refractivity contribution in [3.63, 3.8) is 0 Å². The van der Waals surface area contributed by atoms with Gasteiger partial charge in [-0.1, -0.05) is 48.8 Å². The second kappa shape index (κ2) is 5.15. The summed E-state index contributed by atoms with van der Waals surface area (Å²) in [5.41, 5.74) is 3.42. The van der Waals surface area contributed by atoms with Crippen LogP contribution in [-0.2, 0) is 6.54 Å². The van der Waals surface area contributed by atoms with Crippen LogP contribution in [0, 0.1) is 6.92 Å². The van der Waals surface area contributed by atoms with E-state index in [1.54, 1.807) is 6.20 Å². The molecule has 90 valence electrons. The van der Waals surface area contributed by atoms with Gasteiger partial charge in [0, 0.05) is 23.7 Å². The number of aromatic nitrogens is 1. The number of rotatable bonds is 4. The lowest BCUT2D eigenvalue weighted by atomic mass is 10.1. The van der Waals surface area contributed by atoms with Gasteiger partial charge in [-0.15, -0.1) is 0 Å². The maximum atomic E-state index is 5.33. The summed E-state index contributed by atoms with van der Waals surface area (Å²) in [5, 5.41) is 7.25. The van der Waals surface area contributed by atoms with Crippen LogP contribution in [0.5, 0.6) is 0 Å². The van der Waals surface area contributed by atoms with Gasteiger partial charge in [0.1, 0.15) is 0 Å². The van der Waals surface area contributed by atoms with E-state index < -0.39 is 0 Å². The van der Waals surface area contributed by atoms with E-state index in [9.17, 15) is 0 Å². The van der Waals surface area contributed by atoms with Crippen molar-refractivity contribution in [2.24, 2.45) is 0 Å². The highest BCUT2D eigenvalue weighted by Gasteiger charge is 2.10. The highest BCUT2D eigenvalue weighted by molar-refractivity contribution is 5.60. The summed E-state index contributed by atoms with van der Waals surface area (Å²) in [6, 6.07) is 8.74. The van der Waals surface area contributed by atoms with E-state index in [0.29, 0.717) is 6.04 Å². The number of nitrogens with zero attached hydrogens (tertiary/aromatic N) is 1. The Labute approximate surface area is 102 Å². The molecule has 3 nitrogen and oxygen atoms in total. The van der Waals surface area contributed by atoms with E-state index >= 15 is 0 Å². The number of nitrogens with one attached hydrogen (secondary N) is 1. The SMILES string of the molecule is Cc1ccc(-c2oncc2CNC(C)C)cc1. The molecule has 0 unspecified atom stereocenters. The third-order valence-corrected chi connectivity index (χ3v) is 2.66. The van der Waals surface area contributed by atoms with E-state index in [1.165, 1.54) is 5.56 Å². The number of hydrogen-bond donors (Lipinski definition) is 1. The van der Waals surface area contributed by atoms with E-state index in [2.05, 4.69) is 55.5 Å². The summed E-state index contributed by atoms with van der Waals surface area (Å²) in [4.78, 5) is 0. The zero-order chi connectivity index (χ0) is 12.3. The monoisotopic (exact) mass is 230 g/mol. The van der Waals surface area contributed by atoms with Gasteiger partial charge in [0.25, 0.3) is 0 Å². The molecule has 1 N–H and O–H groups in total. The second-order valence-corrected chi connectivity index (χ2v) is 4.58. The van der Waals surface area contributed by atoms with Gasteiger partial charge in [-0.2, -0.15) is 0 Å². The fourth-order valence-corrected chi connectivity index (χ4v) is 1.64. The van der Waals surface area contributed by atoms with Gasteiger partial charge in [0.15, 0.2) is 5.76 Å². The van der Waals surface area contributed by atoms with Gasteiger partial charge in [0.05, 0.1) is 6.20 Å². The van der Waals surface area contributed by atoms with E-state index in [4.69, 9.17) is 4.52 Å². The third-order valence-electron chi connectivity index (χ3n) is 2.66. The maximum absolute atomic E-state index is 5.33. The average molecular weight is 230 g/mol. The van der Waals surface area contributed by atoms with Crippen LogP contribution in [0.1, 0.15) is 25.0 Å². The quantitative estimate of drug-likeness (QED) is 0.876. The molecule has 1 heterocycles. The van der Waals surface area contributed by atoms with Crippen LogP contribution in [0.15, 0.2) is 35.0 Å². The minimum Gasteiger partial charge on any atom is -0.356 e. The van der Waals surface area contributed by atoms with Gasteiger partial charge in [-0.3, -0.25) is 0 Å². The van der Waals surface area contributed by atoms with Gasteiger partial charge >= 0.3 is 0 Å². The summed E-state index contributed by atoms with van der Waals surface area (Å²) in [6.45, 7) is 7.11. The van der Waals surface area contributed by atoms with Crippen molar-refractivity contribution in [2.45, 2.75) is 33.4 Å². The topological polar surface area (TPSA) is 38.1 Å². The Bertz CT molecular complexity index is 471. The third kappa shape index (κ3) is 2.94. The predicted octanol–water partition coefficient (Wildman–Crippen LogP) is 3.15. The normalized spacial score (nSPS) is 11.1. The molecule has 0 aliphatic heterocycles. The molecule has 0 aliphatic carbocycles. The fraction of sp³-hybridized carbons (Fsp3) is 0.357. The minimum absolute atomic E-state index is 0.454. The smallest absolute Gasteiger partial charge is 0.171 e. The lowest BCUT2D eigenvalue weighted by molar-refractivity contribution is 0.431. The fourth-order valence-electron chi connectivity index (χ4n) is 1.64. The molecule has 0 radical (unpaired) electrons. The zero-order valence-corrected chi connectivity index (χ0v) is 10.5. The Kier molecular flexibility index (Phi) is 3.59. The molecule has 2 aromatic rings. The van der Waals surface area contributed by atoms with Crippen LogP contribution in [0.3, 0.4) is 0 Å². The molecular formula is C14H18N2O. The molecular weight excluding hydrogens is 212 g/mol. The van der Waals surface area contributed by atoms with Crippen molar-refractivity contribution in [3.8, 4) is 11.3 Å². The standard InChI is InChI=1S/C14H18N2O/c1-10(2)15-8-13-9-16-17-14(13)12-6-4-11(3)5-7-12/h4-7,9-10,15H,8H2,1-3H3. The summed E-state index contributed by atoms with van der Waals surface area (Å²) >= 11 is 0. The number of benzene rings is 1. The van der Waals surface area contributed by atoms with Crippen molar-refractivity contribution in [1.82, 2.24) is 10.5 Å². The van der Waals surface area contributed by atoms with Crippen molar-refractivity contribution in [2.75, 3.05) is 0 Å². The van der Waals surface area contributed by atoms with Crippen LogP contribution in [0.25, 0.3) is 11.3 Å². The first-order valence-electron chi connectivity index (χ1n) is 5.91. The van der Waals surface area contributed by atoms with Crippen LogP contribution in [0.4, 0.5) is 0 Å². The molecule has 1 aromatic heterocycles. The molecule has 0 saturated heterocycles. The summed E-state index contributed by atoms with van der Waals surface area (Å²) in [6.07, 6.45) is 1.78. The summed E-state index contributed by atoms with van der Waals surface area (Å²) in [7, 11) is 0. The van der Waals surface area contributed by atoms with Gasteiger partial charge in [-0.05, 0) is 6.92 Å². The van der Waals surface area contributed by atoms with E-state index in [-0.39, 0.29) is 0 Å². The van der Waals surface area contributed by atoms with Crippen LogP contribution < -0.4 is 5.32 Å². The van der Waals surface area contributed by atoms with Gasteiger partial charge in [-0.25, -0.2) is 0 Å². The molecule has 0 atom stereocenters. The second-order valence-electron chi connectivity index (χ2n) is 4.58. The molecule has 0 fully saturated rings. The van der Waals surface area contributed by atoms with Crippen LogP contribution >= 0.6 is 0 Å². The molecule has 2 rings (SSSR count). The number of aryl methyl sites for hydroxylation is 1. The minimum atomic E-state index is 0.454. The Hall–Kier alpha value is -1.61. The van der Waals surface area contributed by atoms with Crippen molar-refractivity contribution < 1.29 is 4.52 Å². The van der Waals surface area contributed by atoms with Gasteiger partial charge in [0.2, 0.25) is 0 Å². The Morgan fingerprint density at radius 1 is 1.24 bits per heavy atom. The van der Waals surface area contributed by atoms with Crippen molar-refractivity contribution in [1.29, 1.82) is 0 Å². The molecule has 0 saturated carbocycles. The molecule has 0 spiro atoms. The molecule has 0 aliphatic rings. The van der Waals surface area contributed by atoms with Gasteiger partial charge < -0.3 is 9.84 Å². The maximum Gasteiger partial charge on any atom is 0.171 e. The summed E-state index contributed by atoms with van der Waals surface area (Å²) < 4.78 is 5.33. The molecule has 1 aromatic carbocycles. The Balaban J connectivity index is 2.21. The first-order valence-corrected chi connectivity index (χ1v) is 5.91. The van der Waals surface area contributed by atoms with Crippen molar-refractivity contribution in [3.05, 3.63) is 41.6 Å². The molecule has 17 heavy (non-hydrogen) atoms.